The number of aromatic nitrogens is 1. The van der Waals surface area contributed by atoms with E-state index in [2.05, 4.69) is 14.8 Å². The molecule has 0 amide bonds. The van der Waals surface area contributed by atoms with Crippen LogP contribution in [0, 0.1) is 0 Å². The van der Waals surface area contributed by atoms with E-state index in [4.69, 9.17) is 11.6 Å². The maximum absolute atomic E-state index is 12.3. The van der Waals surface area contributed by atoms with E-state index >= 15 is 0 Å². The molecule has 0 bridgehead atoms. The average Bonchev–Trinajstić information content (AvgIpc) is 2.58. The number of piperazine rings is 1. The lowest BCUT2D eigenvalue weighted by Gasteiger charge is -2.35. The summed E-state index contributed by atoms with van der Waals surface area (Å²) in [6, 6.07) is 11.2. The van der Waals surface area contributed by atoms with Crippen molar-refractivity contribution in [1.29, 1.82) is 0 Å². The van der Waals surface area contributed by atoms with E-state index in [0.29, 0.717) is 21.7 Å². The van der Waals surface area contributed by atoms with Gasteiger partial charge in [0.05, 0.1) is 5.02 Å². The number of thioether (sulfide) groups is 1. The Morgan fingerprint density at radius 2 is 1.75 bits per heavy atom. The standard InChI is InChI=1S/C17H18ClF2N3S/c18-14-3-6-16(21-11-14)23-9-7-22(8-10-23)12-13-1-4-15(5-2-13)24-17(19)20/h1-6,11,17H,7-10,12H2. The summed E-state index contributed by atoms with van der Waals surface area (Å²) in [6.07, 6.45) is 1.67. The van der Waals surface area contributed by atoms with Gasteiger partial charge in [0.15, 0.2) is 0 Å². The van der Waals surface area contributed by atoms with Crippen LogP contribution < -0.4 is 4.90 Å². The van der Waals surface area contributed by atoms with Gasteiger partial charge in [0.1, 0.15) is 5.82 Å². The van der Waals surface area contributed by atoms with E-state index in [1.807, 2.05) is 24.3 Å². The van der Waals surface area contributed by atoms with Crippen LogP contribution in [0.1, 0.15) is 5.56 Å². The van der Waals surface area contributed by atoms with Crippen LogP contribution in [0.3, 0.4) is 0 Å². The molecule has 0 saturated carbocycles. The molecule has 1 aliphatic rings. The summed E-state index contributed by atoms with van der Waals surface area (Å²) in [7, 11) is 0. The molecule has 0 atom stereocenters. The van der Waals surface area contributed by atoms with Gasteiger partial charge in [-0.15, -0.1) is 0 Å². The molecule has 3 nitrogen and oxygen atoms in total. The number of halogens is 3. The van der Waals surface area contributed by atoms with Gasteiger partial charge < -0.3 is 4.90 Å². The Labute approximate surface area is 149 Å². The van der Waals surface area contributed by atoms with Gasteiger partial charge in [-0.2, -0.15) is 8.78 Å². The van der Waals surface area contributed by atoms with Crippen LogP contribution >= 0.6 is 23.4 Å². The molecule has 128 valence electrons. The van der Waals surface area contributed by atoms with Crippen molar-refractivity contribution in [2.75, 3.05) is 31.1 Å². The SMILES string of the molecule is FC(F)Sc1ccc(CN2CCN(c3ccc(Cl)cn3)CC2)cc1. The highest BCUT2D eigenvalue weighted by Crippen LogP contribution is 2.25. The van der Waals surface area contributed by atoms with Crippen molar-refractivity contribution in [3.05, 3.63) is 53.2 Å². The van der Waals surface area contributed by atoms with E-state index in [1.54, 1.807) is 18.3 Å². The number of nitrogens with zero attached hydrogens (tertiary/aromatic N) is 3. The summed E-state index contributed by atoms with van der Waals surface area (Å²) in [6.45, 7) is 4.54. The van der Waals surface area contributed by atoms with E-state index in [1.165, 1.54) is 0 Å². The highest BCUT2D eigenvalue weighted by atomic mass is 35.5. The predicted molar refractivity (Wildman–Crippen MR) is 95.0 cm³/mol. The number of hydrogen-bond donors (Lipinski definition) is 0. The molecule has 0 N–H and O–H groups in total. The van der Waals surface area contributed by atoms with Crippen LogP contribution in [0.2, 0.25) is 5.02 Å². The van der Waals surface area contributed by atoms with Gasteiger partial charge in [-0.25, -0.2) is 4.98 Å². The lowest BCUT2D eigenvalue weighted by atomic mass is 10.2. The lowest BCUT2D eigenvalue weighted by Crippen LogP contribution is -2.46. The van der Waals surface area contributed by atoms with Crippen LogP contribution in [0.4, 0.5) is 14.6 Å². The zero-order valence-electron chi connectivity index (χ0n) is 13.0. The third kappa shape index (κ3) is 4.82. The molecule has 0 radical (unpaired) electrons. The van der Waals surface area contributed by atoms with Gasteiger partial charge in [-0.1, -0.05) is 35.5 Å². The quantitative estimate of drug-likeness (QED) is 0.728. The van der Waals surface area contributed by atoms with E-state index in [9.17, 15) is 8.78 Å². The van der Waals surface area contributed by atoms with Crippen LogP contribution in [-0.4, -0.2) is 41.8 Å². The Kier molecular flexibility index (Phi) is 5.92. The first-order valence-electron chi connectivity index (χ1n) is 7.73. The summed E-state index contributed by atoms with van der Waals surface area (Å²) in [5.74, 6) is -1.42. The Morgan fingerprint density at radius 1 is 1.04 bits per heavy atom. The Balaban J connectivity index is 1.51. The van der Waals surface area contributed by atoms with Gasteiger partial charge >= 0.3 is 0 Å². The molecular weight excluding hydrogens is 352 g/mol. The van der Waals surface area contributed by atoms with Crippen molar-refractivity contribution in [3.8, 4) is 0 Å². The monoisotopic (exact) mass is 369 g/mol. The van der Waals surface area contributed by atoms with Crippen LogP contribution in [0.15, 0.2) is 47.5 Å². The maximum Gasteiger partial charge on any atom is 0.288 e. The maximum atomic E-state index is 12.3. The largest absolute Gasteiger partial charge is 0.354 e. The summed E-state index contributed by atoms with van der Waals surface area (Å²) < 4.78 is 24.7. The van der Waals surface area contributed by atoms with Gasteiger partial charge in [0.2, 0.25) is 0 Å². The predicted octanol–water partition coefficient (Wildman–Crippen LogP) is 4.37. The van der Waals surface area contributed by atoms with Crippen molar-refractivity contribution < 1.29 is 8.78 Å². The van der Waals surface area contributed by atoms with Gasteiger partial charge in [0.25, 0.3) is 5.76 Å². The number of pyridine rings is 1. The van der Waals surface area contributed by atoms with Gasteiger partial charge in [0, 0.05) is 43.8 Å². The fourth-order valence-corrected chi connectivity index (χ4v) is 3.34. The fraction of sp³-hybridized carbons (Fsp3) is 0.353. The number of rotatable bonds is 5. The van der Waals surface area contributed by atoms with E-state index < -0.39 is 5.76 Å². The number of alkyl halides is 2. The minimum Gasteiger partial charge on any atom is -0.354 e. The normalized spacial score (nSPS) is 15.9. The van der Waals surface area contributed by atoms with Crippen LogP contribution in [0.5, 0.6) is 0 Å². The first kappa shape index (κ1) is 17.5. The minimum absolute atomic E-state index is 0.582. The van der Waals surface area contributed by atoms with E-state index in [0.717, 1.165) is 44.1 Å². The van der Waals surface area contributed by atoms with Crippen LogP contribution in [0.25, 0.3) is 0 Å². The summed E-state index contributed by atoms with van der Waals surface area (Å²) >= 11 is 6.45. The van der Waals surface area contributed by atoms with Crippen molar-refractivity contribution in [1.82, 2.24) is 9.88 Å². The third-order valence-corrected chi connectivity index (χ3v) is 4.91. The number of hydrogen-bond acceptors (Lipinski definition) is 4. The highest BCUT2D eigenvalue weighted by Gasteiger charge is 2.18. The van der Waals surface area contributed by atoms with Gasteiger partial charge in [-0.3, -0.25) is 4.90 Å². The van der Waals surface area contributed by atoms with Gasteiger partial charge in [-0.05, 0) is 29.8 Å². The number of benzene rings is 1. The molecule has 1 saturated heterocycles. The fourth-order valence-electron chi connectivity index (χ4n) is 2.72. The first-order chi connectivity index (χ1) is 11.6. The molecule has 1 aliphatic heterocycles. The second-order valence-corrected chi connectivity index (χ2v) is 7.12. The highest BCUT2D eigenvalue weighted by molar-refractivity contribution is 7.99. The molecule has 24 heavy (non-hydrogen) atoms. The minimum atomic E-state index is -2.37. The molecule has 0 aliphatic carbocycles. The molecule has 0 spiro atoms. The van der Waals surface area contributed by atoms with Crippen molar-refractivity contribution in [2.45, 2.75) is 17.2 Å². The molecule has 3 rings (SSSR count). The molecule has 1 fully saturated rings. The Bertz CT molecular complexity index is 644. The van der Waals surface area contributed by atoms with E-state index in [-0.39, 0.29) is 0 Å². The zero-order chi connectivity index (χ0) is 16.9. The molecule has 0 unspecified atom stereocenters. The van der Waals surface area contributed by atoms with Crippen molar-refractivity contribution >= 4 is 29.2 Å². The summed E-state index contributed by atoms with van der Waals surface area (Å²) in [5, 5.41) is 0.644. The summed E-state index contributed by atoms with van der Waals surface area (Å²) in [5.41, 5.74) is 1.15. The second kappa shape index (κ2) is 8.14. The van der Waals surface area contributed by atoms with Crippen LogP contribution in [-0.2, 0) is 6.54 Å². The average molecular weight is 370 g/mol. The zero-order valence-corrected chi connectivity index (χ0v) is 14.6. The topological polar surface area (TPSA) is 19.4 Å². The smallest absolute Gasteiger partial charge is 0.288 e. The third-order valence-electron chi connectivity index (χ3n) is 3.96. The molecule has 7 heteroatoms. The lowest BCUT2D eigenvalue weighted by molar-refractivity contribution is 0.249. The molecule has 1 aromatic carbocycles. The molecular formula is C17H18ClF2N3S. The Morgan fingerprint density at radius 3 is 2.33 bits per heavy atom. The summed E-state index contributed by atoms with van der Waals surface area (Å²) in [4.78, 5) is 9.57. The molecule has 1 aromatic heterocycles. The molecule has 2 heterocycles. The second-order valence-electron chi connectivity index (χ2n) is 5.62. The van der Waals surface area contributed by atoms with Crippen molar-refractivity contribution in [2.24, 2.45) is 0 Å². The molecule has 2 aromatic rings. The van der Waals surface area contributed by atoms with Crippen molar-refractivity contribution in [3.63, 3.8) is 0 Å². The Hall–Kier alpha value is -1.37. The number of anilines is 1. The first-order valence-corrected chi connectivity index (χ1v) is 8.98.